The molecule has 4 nitrogen and oxygen atoms in total. The van der Waals surface area contributed by atoms with Crippen LogP contribution in [0, 0.1) is 5.41 Å². The summed E-state index contributed by atoms with van der Waals surface area (Å²) in [4.78, 5) is 14.6. The molecule has 1 saturated heterocycles. The lowest BCUT2D eigenvalue weighted by molar-refractivity contribution is -0.127. The number of carbonyl (C=O) groups is 1. The van der Waals surface area contributed by atoms with Crippen LogP contribution in [0.2, 0.25) is 0 Å². The average Bonchev–Trinajstić information content (AvgIpc) is 2.69. The molecule has 0 aromatic heterocycles. The number of amides is 1. The van der Waals surface area contributed by atoms with Gasteiger partial charge in [0, 0.05) is 32.2 Å². The quantitative estimate of drug-likeness (QED) is 0.788. The van der Waals surface area contributed by atoms with Gasteiger partial charge in [0.25, 0.3) is 0 Å². The van der Waals surface area contributed by atoms with Gasteiger partial charge in [-0.05, 0) is 25.2 Å². The summed E-state index contributed by atoms with van der Waals surface area (Å²) in [5, 5.41) is 6.59. The van der Waals surface area contributed by atoms with Crippen molar-refractivity contribution in [2.75, 3.05) is 26.2 Å². The van der Waals surface area contributed by atoms with Crippen molar-refractivity contribution in [3.8, 4) is 0 Å². The largest absolute Gasteiger partial charge is 0.351 e. The molecule has 1 aliphatic heterocycles. The molecule has 2 N–H and O–H groups in total. The van der Waals surface area contributed by atoms with E-state index in [4.69, 9.17) is 0 Å². The summed E-state index contributed by atoms with van der Waals surface area (Å²) >= 11 is 0. The molecule has 0 spiro atoms. The lowest BCUT2D eigenvalue weighted by atomic mass is 9.87. The van der Waals surface area contributed by atoms with Crippen LogP contribution in [0.25, 0.3) is 0 Å². The van der Waals surface area contributed by atoms with Gasteiger partial charge < -0.3 is 10.6 Å². The summed E-state index contributed by atoms with van der Waals surface area (Å²) in [5.74, 6) is 0.205. The van der Waals surface area contributed by atoms with E-state index in [9.17, 15) is 4.79 Å². The van der Waals surface area contributed by atoms with Crippen LogP contribution in [0.4, 0.5) is 0 Å². The molecule has 2 aliphatic rings. The zero-order valence-corrected chi connectivity index (χ0v) is 12.0. The van der Waals surface area contributed by atoms with Gasteiger partial charge in [-0.2, -0.15) is 0 Å². The molecule has 1 heterocycles. The summed E-state index contributed by atoms with van der Waals surface area (Å²) in [5.41, 5.74) is 0.263. The van der Waals surface area contributed by atoms with Gasteiger partial charge in [0.05, 0.1) is 6.04 Å². The second-order valence-corrected chi connectivity index (χ2v) is 6.40. The van der Waals surface area contributed by atoms with Crippen molar-refractivity contribution in [1.29, 1.82) is 0 Å². The van der Waals surface area contributed by atoms with Crippen molar-refractivity contribution in [1.82, 2.24) is 15.5 Å². The van der Waals surface area contributed by atoms with Crippen LogP contribution in [0.5, 0.6) is 0 Å². The second kappa shape index (κ2) is 5.57. The van der Waals surface area contributed by atoms with Crippen molar-refractivity contribution in [3.05, 3.63) is 0 Å². The number of rotatable bonds is 3. The minimum absolute atomic E-state index is 0.00324. The molecule has 0 bridgehead atoms. The van der Waals surface area contributed by atoms with E-state index in [-0.39, 0.29) is 17.4 Å². The Morgan fingerprint density at radius 1 is 1.39 bits per heavy atom. The molecule has 2 atom stereocenters. The molecule has 1 amide bonds. The molecule has 104 valence electrons. The lowest BCUT2D eigenvalue weighted by Gasteiger charge is -2.34. The van der Waals surface area contributed by atoms with E-state index in [1.54, 1.807) is 0 Å². The Labute approximate surface area is 110 Å². The lowest BCUT2D eigenvalue weighted by Crippen LogP contribution is -2.55. The maximum absolute atomic E-state index is 12.3. The first-order valence-electron chi connectivity index (χ1n) is 7.26. The highest BCUT2D eigenvalue weighted by Crippen LogP contribution is 2.37. The highest BCUT2D eigenvalue weighted by atomic mass is 16.2. The van der Waals surface area contributed by atoms with Crippen molar-refractivity contribution >= 4 is 5.91 Å². The summed E-state index contributed by atoms with van der Waals surface area (Å²) < 4.78 is 0. The molecular weight excluding hydrogens is 226 g/mol. The standard InChI is InChI=1S/C14H27N3O/c1-11(17-9-7-15-8-10-17)13(18)16-12-5-4-6-14(12,2)3/h11-12,15H,4-10H2,1-3H3,(H,16,18). The first kappa shape index (κ1) is 13.8. The molecule has 2 rings (SSSR count). The number of piperazine rings is 1. The van der Waals surface area contributed by atoms with Crippen LogP contribution >= 0.6 is 0 Å². The Balaban J connectivity index is 1.87. The van der Waals surface area contributed by atoms with Crippen LogP contribution in [0.1, 0.15) is 40.0 Å². The fraction of sp³-hybridized carbons (Fsp3) is 0.929. The van der Waals surface area contributed by atoms with E-state index in [0.717, 1.165) is 32.6 Å². The molecule has 2 fully saturated rings. The molecule has 0 aromatic carbocycles. The van der Waals surface area contributed by atoms with Gasteiger partial charge in [0.15, 0.2) is 0 Å². The first-order valence-corrected chi connectivity index (χ1v) is 7.26. The van der Waals surface area contributed by atoms with Gasteiger partial charge in [-0.3, -0.25) is 9.69 Å². The maximum atomic E-state index is 12.3. The number of carbonyl (C=O) groups excluding carboxylic acids is 1. The Hall–Kier alpha value is -0.610. The number of nitrogens with one attached hydrogen (secondary N) is 2. The molecule has 18 heavy (non-hydrogen) atoms. The van der Waals surface area contributed by atoms with Gasteiger partial charge >= 0.3 is 0 Å². The smallest absolute Gasteiger partial charge is 0.237 e. The summed E-state index contributed by atoms with van der Waals surface area (Å²) in [6.45, 7) is 10.5. The number of hydrogen-bond acceptors (Lipinski definition) is 3. The molecule has 0 radical (unpaired) electrons. The summed E-state index contributed by atoms with van der Waals surface area (Å²) in [7, 11) is 0. The predicted molar refractivity (Wildman–Crippen MR) is 73.5 cm³/mol. The minimum atomic E-state index is 0.00324. The van der Waals surface area contributed by atoms with Crippen molar-refractivity contribution in [3.63, 3.8) is 0 Å². The van der Waals surface area contributed by atoms with Crippen molar-refractivity contribution < 1.29 is 4.79 Å². The third-order valence-corrected chi connectivity index (χ3v) is 4.65. The Bertz CT molecular complexity index is 297. The molecular formula is C14H27N3O. The third kappa shape index (κ3) is 3.04. The topological polar surface area (TPSA) is 44.4 Å². The Morgan fingerprint density at radius 2 is 2.06 bits per heavy atom. The SMILES string of the molecule is CC(C(=O)NC1CCCC1(C)C)N1CCNCC1. The summed E-state index contributed by atoms with van der Waals surface area (Å²) in [6, 6.07) is 0.360. The van der Waals surface area contributed by atoms with Gasteiger partial charge in [-0.25, -0.2) is 0 Å². The van der Waals surface area contributed by atoms with Gasteiger partial charge in [-0.15, -0.1) is 0 Å². The van der Waals surface area contributed by atoms with E-state index in [1.807, 2.05) is 6.92 Å². The average molecular weight is 253 g/mol. The van der Waals surface area contributed by atoms with Crippen LogP contribution in [-0.2, 0) is 4.79 Å². The fourth-order valence-corrected chi connectivity index (χ4v) is 3.12. The Morgan fingerprint density at radius 3 is 2.61 bits per heavy atom. The van der Waals surface area contributed by atoms with E-state index in [2.05, 4.69) is 29.4 Å². The van der Waals surface area contributed by atoms with Crippen molar-refractivity contribution in [2.24, 2.45) is 5.41 Å². The van der Waals surface area contributed by atoms with E-state index >= 15 is 0 Å². The normalized spacial score (nSPS) is 30.1. The number of nitrogens with zero attached hydrogens (tertiary/aromatic N) is 1. The molecule has 2 unspecified atom stereocenters. The second-order valence-electron chi connectivity index (χ2n) is 6.40. The molecule has 1 saturated carbocycles. The fourth-order valence-electron chi connectivity index (χ4n) is 3.12. The predicted octanol–water partition coefficient (Wildman–Crippen LogP) is 0.975. The molecule has 1 aliphatic carbocycles. The Kier molecular flexibility index (Phi) is 4.28. The van der Waals surface area contributed by atoms with E-state index in [0.29, 0.717) is 6.04 Å². The van der Waals surface area contributed by atoms with Gasteiger partial charge in [0.2, 0.25) is 5.91 Å². The number of hydrogen-bond donors (Lipinski definition) is 2. The minimum Gasteiger partial charge on any atom is -0.351 e. The monoisotopic (exact) mass is 253 g/mol. The van der Waals surface area contributed by atoms with Crippen LogP contribution in [-0.4, -0.2) is 49.1 Å². The van der Waals surface area contributed by atoms with E-state index in [1.165, 1.54) is 12.8 Å². The molecule has 0 aromatic rings. The van der Waals surface area contributed by atoms with Gasteiger partial charge in [0.1, 0.15) is 0 Å². The van der Waals surface area contributed by atoms with Crippen LogP contribution < -0.4 is 10.6 Å². The third-order valence-electron chi connectivity index (χ3n) is 4.65. The zero-order chi connectivity index (χ0) is 13.2. The highest BCUT2D eigenvalue weighted by molar-refractivity contribution is 5.81. The van der Waals surface area contributed by atoms with Crippen LogP contribution in [0.3, 0.4) is 0 Å². The van der Waals surface area contributed by atoms with Crippen molar-refractivity contribution in [2.45, 2.75) is 52.1 Å². The maximum Gasteiger partial charge on any atom is 0.237 e. The molecule has 4 heteroatoms. The zero-order valence-electron chi connectivity index (χ0n) is 12.0. The summed E-state index contributed by atoms with van der Waals surface area (Å²) in [6.07, 6.45) is 3.59. The van der Waals surface area contributed by atoms with E-state index < -0.39 is 0 Å². The first-order chi connectivity index (χ1) is 8.50. The van der Waals surface area contributed by atoms with Crippen LogP contribution in [0.15, 0.2) is 0 Å². The van der Waals surface area contributed by atoms with Gasteiger partial charge in [-0.1, -0.05) is 20.3 Å². The highest BCUT2D eigenvalue weighted by Gasteiger charge is 2.36.